The van der Waals surface area contributed by atoms with Crippen molar-refractivity contribution >= 4 is 32.4 Å². The Kier molecular flexibility index (Phi) is 2.83. The molecule has 0 aliphatic rings. The predicted molar refractivity (Wildman–Crippen MR) is 58.4 cm³/mol. The number of hydrogen-bond acceptors (Lipinski definition) is 5. The zero-order chi connectivity index (χ0) is 9.97. The Morgan fingerprint density at radius 1 is 1.57 bits per heavy atom. The average molecular weight is 274 g/mol. The van der Waals surface area contributed by atoms with E-state index < -0.39 is 0 Å². The largest absolute Gasteiger partial charge is 0.469 e. The van der Waals surface area contributed by atoms with Gasteiger partial charge in [-0.1, -0.05) is 11.3 Å². The van der Waals surface area contributed by atoms with Gasteiger partial charge in [0.1, 0.15) is 5.76 Å². The molecule has 0 bridgehead atoms. The van der Waals surface area contributed by atoms with Crippen molar-refractivity contribution in [3.8, 4) is 0 Å². The van der Waals surface area contributed by atoms with E-state index in [1.54, 1.807) is 6.26 Å². The summed E-state index contributed by atoms with van der Waals surface area (Å²) >= 11 is 4.72. The van der Waals surface area contributed by atoms with Crippen LogP contribution >= 0.6 is 27.3 Å². The van der Waals surface area contributed by atoms with Crippen molar-refractivity contribution in [1.82, 2.24) is 10.2 Å². The first-order valence-corrected chi connectivity index (χ1v) is 5.62. The highest BCUT2D eigenvalue weighted by atomic mass is 79.9. The summed E-state index contributed by atoms with van der Waals surface area (Å²) in [5.41, 5.74) is 1.14. The fourth-order valence-corrected chi connectivity index (χ4v) is 2.05. The van der Waals surface area contributed by atoms with E-state index in [2.05, 4.69) is 31.4 Å². The van der Waals surface area contributed by atoms with Gasteiger partial charge in [-0.15, -0.1) is 10.2 Å². The fraction of sp³-hybridized carbons (Fsp3) is 0.250. The Balaban J connectivity index is 1.98. The molecule has 0 atom stereocenters. The van der Waals surface area contributed by atoms with Crippen LogP contribution < -0.4 is 5.32 Å². The van der Waals surface area contributed by atoms with Crippen LogP contribution in [0.15, 0.2) is 20.7 Å². The second-order valence-electron chi connectivity index (χ2n) is 2.72. The van der Waals surface area contributed by atoms with E-state index in [-0.39, 0.29) is 0 Å². The molecule has 0 amide bonds. The summed E-state index contributed by atoms with van der Waals surface area (Å²) in [4.78, 5) is 0. The van der Waals surface area contributed by atoms with Gasteiger partial charge in [0.15, 0.2) is 3.92 Å². The van der Waals surface area contributed by atoms with Gasteiger partial charge in [-0.2, -0.15) is 0 Å². The van der Waals surface area contributed by atoms with Crippen molar-refractivity contribution in [2.75, 3.05) is 5.32 Å². The minimum Gasteiger partial charge on any atom is -0.469 e. The fourth-order valence-electron chi connectivity index (χ4n) is 1.04. The molecule has 2 aromatic rings. The lowest BCUT2D eigenvalue weighted by atomic mass is 10.3. The lowest BCUT2D eigenvalue weighted by Gasteiger charge is -1.99. The predicted octanol–water partition coefficient (Wildman–Crippen LogP) is 2.81. The number of nitrogens with zero attached hydrogens (tertiary/aromatic N) is 2. The minimum absolute atomic E-state index is 0.712. The maximum Gasteiger partial charge on any atom is 0.206 e. The van der Waals surface area contributed by atoms with Crippen LogP contribution in [0.2, 0.25) is 0 Å². The summed E-state index contributed by atoms with van der Waals surface area (Å²) in [6.07, 6.45) is 1.68. The number of furan rings is 1. The molecular formula is C8H8BrN3OS. The number of halogens is 1. The number of rotatable bonds is 3. The van der Waals surface area contributed by atoms with Gasteiger partial charge in [0, 0.05) is 12.1 Å². The van der Waals surface area contributed by atoms with E-state index in [0.717, 1.165) is 20.4 Å². The van der Waals surface area contributed by atoms with E-state index in [1.165, 1.54) is 11.3 Å². The topological polar surface area (TPSA) is 51.0 Å². The summed E-state index contributed by atoms with van der Waals surface area (Å²) < 4.78 is 5.96. The molecule has 0 unspecified atom stereocenters. The summed E-state index contributed by atoms with van der Waals surface area (Å²) in [6.45, 7) is 2.65. The molecule has 0 aliphatic heterocycles. The molecule has 6 heteroatoms. The highest BCUT2D eigenvalue weighted by Crippen LogP contribution is 2.21. The number of nitrogens with one attached hydrogen (secondary N) is 1. The number of hydrogen-bond donors (Lipinski definition) is 1. The molecule has 2 rings (SSSR count). The number of aromatic nitrogens is 2. The van der Waals surface area contributed by atoms with Gasteiger partial charge in [0.2, 0.25) is 5.13 Å². The smallest absolute Gasteiger partial charge is 0.206 e. The molecule has 0 saturated heterocycles. The SMILES string of the molecule is Cc1occc1CNc1nnc(Br)s1. The molecule has 0 radical (unpaired) electrons. The summed E-state index contributed by atoms with van der Waals surface area (Å²) in [5, 5.41) is 11.7. The van der Waals surface area contributed by atoms with Crippen molar-refractivity contribution in [1.29, 1.82) is 0 Å². The van der Waals surface area contributed by atoms with Gasteiger partial charge < -0.3 is 9.73 Å². The standard InChI is InChI=1S/C8H8BrN3OS/c1-5-6(2-3-13-5)4-10-8-12-11-7(9)14-8/h2-3H,4H2,1H3,(H,10,12). The minimum atomic E-state index is 0.712. The van der Waals surface area contributed by atoms with E-state index in [1.807, 2.05) is 13.0 Å². The third kappa shape index (κ3) is 2.13. The van der Waals surface area contributed by atoms with Crippen molar-refractivity contribution in [3.05, 3.63) is 27.6 Å². The van der Waals surface area contributed by atoms with Crippen LogP contribution in [-0.2, 0) is 6.54 Å². The maximum absolute atomic E-state index is 5.18. The van der Waals surface area contributed by atoms with Gasteiger partial charge in [0.25, 0.3) is 0 Å². The van der Waals surface area contributed by atoms with E-state index in [0.29, 0.717) is 6.54 Å². The average Bonchev–Trinajstić information content (AvgIpc) is 2.72. The zero-order valence-corrected chi connectivity index (χ0v) is 9.85. The van der Waals surface area contributed by atoms with Crippen molar-refractivity contribution in [2.45, 2.75) is 13.5 Å². The molecular weight excluding hydrogens is 266 g/mol. The molecule has 0 fully saturated rings. The van der Waals surface area contributed by atoms with Gasteiger partial charge >= 0.3 is 0 Å². The van der Waals surface area contributed by atoms with Crippen LogP contribution in [0.4, 0.5) is 5.13 Å². The highest BCUT2D eigenvalue weighted by molar-refractivity contribution is 9.11. The quantitative estimate of drug-likeness (QED) is 0.935. The van der Waals surface area contributed by atoms with Crippen LogP contribution in [-0.4, -0.2) is 10.2 Å². The normalized spacial score (nSPS) is 10.4. The summed E-state index contributed by atoms with van der Waals surface area (Å²) in [6, 6.07) is 1.94. The Labute approximate surface area is 93.5 Å². The van der Waals surface area contributed by atoms with Gasteiger partial charge in [-0.3, -0.25) is 0 Å². The first kappa shape index (κ1) is 9.67. The zero-order valence-electron chi connectivity index (χ0n) is 7.45. The number of aryl methyl sites for hydroxylation is 1. The summed E-state index contributed by atoms with van der Waals surface area (Å²) in [7, 11) is 0. The van der Waals surface area contributed by atoms with Crippen molar-refractivity contribution in [3.63, 3.8) is 0 Å². The molecule has 1 N–H and O–H groups in total. The number of anilines is 1. The van der Waals surface area contributed by atoms with Gasteiger partial charge in [-0.25, -0.2) is 0 Å². The molecule has 0 saturated carbocycles. The first-order chi connectivity index (χ1) is 6.75. The lowest BCUT2D eigenvalue weighted by Crippen LogP contribution is -1.98. The molecule has 2 heterocycles. The first-order valence-electron chi connectivity index (χ1n) is 4.01. The van der Waals surface area contributed by atoms with Gasteiger partial charge in [-0.05, 0) is 28.9 Å². The molecule has 0 aliphatic carbocycles. The Hall–Kier alpha value is -0.880. The molecule has 74 valence electrons. The Bertz CT molecular complexity index is 426. The molecule has 2 aromatic heterocycles. The van der Waals surface area contributed by atoms with Crippen LogP contribution in [0.3, 0.4) is 0 Å². The molecule has 4 nitrogen and oxygen atoms in total. The van der Waals surface area contributed by atoms with E-state index in [4.69, 9.17) is 4.42 Å². The Morgan fingerprint density at radius 2 is 2.43 bits per heavy atom. The van der Waals surface area contributed by atoms with Crippen molar-refractivity contribution < 1.29 is 4.42 Å². The van der Waals surface area contributed by atoms with Gasteiger partial charge in [0.05, 0.1) is 6.26 Å². The third-order valence-corrected chi connectivity index (χ3v) is 3.11. The molecule has 0 aromatic carbocycles. The van der Waals surface area contributed by atoms with Crippen LogP contribution in [0.1, 0.15) is 11.3 Å². The second-order valence-corrected chi connectivity index (χ2v) is 4.97. The molecule has 0 spiro atoms. The Morgan fingerprint density at radius 3 is 3.00 bits per heavy atom. The summed E-state index contributed by atoms with van der Waals surface area (Å²) in [5.74, 6) is 0.932. The maximum atomic E-state index is 5.18. The van der Waals surface area contributed by atoms with E-state index in [9.17, 15) is 0 Å². The van der Waals surface area contributed by atoms with Crippen LogP contribution in [0, 0.1) is 6.92 Å². The lowest BCUT2D eigenvalue weighted by molar-refractivity contribution is 0.530. The monoisotopic (exact) mass is 273 g/mol. The van der Waals surface area contributed by atoms with Crippen LogP contribution in [0.5, 0.6) is 0 Å². The third-order valence-electron chi connectivity index (χ3n) is 1.80. The second kappa shape index (κ2) is 4.10. The molecule has 14 heavy (non-hydrogen) atoms. The highest BCUT2D eigenvalue weighted by Gasteiger charge is 2.03. The van der Waals surface area contributed by atoms with E-state index >= 15 is 0 Å². The van der Waals surface area contributed by atoms with Crippen LogP contribution in [0.25, 0.3) is 0 Å². The van der Waals surface area contributed by atoms with Crippen molar-refractivity contribution in [2.24, 2.45) is 0 Å².